The average Bonchev–Trinajstić information content (AvgIpc) is 2.77. The zero-order chi connectivity index (χ0) is 15.2. The monoisotopic (exact) mass is 307 g/mol. The van der Waals surface area contributed by atoms with Crippen LogP contribution in [-0.2, 0) is 21.1 Å². The molecule has 2 heterocycles. The van der Waals surface area contributed by atoms with Crippen LogP contribution in [0.5, 0.6) is 0 Å². The number of benzene rings is 1. The van der Waals surface area contributed by atoms with Crippen LogP contribution in [0, 0.1) is 19.8 Å². The summed E-state index contributed by atoms with van der Waals surface area (Å²) in [6.45, 7) is 4.82. The van der Waals surface area contributed by atoms with Crippen LogP contribution in [0.25, 0.3) is 0 Å². The number of anilines is 1. The Labute approximate surface area is 126 Å². The lowest BCUT2D eigenvalue weighted by Gasteiger charge is -2.32. The minimum Gasteiger partial charge on any atom is -0.312 e. The molecule has 0 N–H and O–H groups in total. The van der Waals surface area contributed by atoms with Crippen molar-refractivity contribution in [3.8, 4) is 0 Å². The van der Waals surface area contributed by atoms with Crippen LogP contribution >= 0.6 is 0 Å². The van der Waals surface area contributed by atoms with Gasteiger partial charge in [0, 0.05) is 12.2 Å². The third-order valence-electron chi connectivity index (χ3n) is 4.54. The van der Waals surface area contributed by atoms with E-state index in [-0.39, 0.29) is 23.3 Å². The van der Waals surface area contributed by atoms with Crippen molar-refractivity contribution in [2.75, 3.05) is 23.0 Å². The molecule has 114 valence electrons. The SMILES string of the molecule is Cc1cc(C)c2c(c1)N(C(=O)C1CCS(=O)(=O)C1)CCC2. The molecule has 3 rings (SSSR count). The maximum absolute atomic E-state index is 12.7. The molecular formula is C16H21NO3S. The number of fused-ring (bicyclic) bond motifs is 1. The van der Waals surface area contributed by atoms with E-state index in [0.29, 0.717) is 13.0 Å². The van der Waals surface area contributed by atoms with Crippen LogP contribution in [-0.4, -0.2) is 32.4 Å². The van der Waals surface area contributed by atoms with Gasteiger partial charge in [-0.3, -0.25) is 4.79 Å². The first-order chi connectivity index (χ1) is 9.87. The molecule has 1 atom stereocenters. The van der Waals surface area contributed by atoms with Crippen molar-refractivity contribution in [2.45, 2.75) is 33.1 Å². The molecule has 0 spiro atoms. The maximum atomic E-state index is 12.7. The van der Waals surface area contributed by atoms with Gasteiger partial charge >= 0.3 is 0 Å². The second-order valence-electron chi connectivity index (χ2n) is 6.27. The van der Waals surface area contributed by atoms with Gasteiger partial charge in [-0.25, -0.2) is 8.42 Å². The zero-order valence-corrected chi connectivity index (χ0v) is 13.4. The molecule has 4 nitrogen and oxygen atoms in total. The van der Waals surface area contributed by atoms with Gasteiger partial charge in [0.05, 0.1) is 17.4 Å². The first-order valence-electron chi connectivity index (χ1n) is 7.49. The van der Waals surface area contributed by atoms with Crippen molar-refractivity contribution in [3.05, 3.63) is 28.8 Å². The quantitative estimate of drug-likeness (QED) is 0.797. The zero-order valence-electron chi connectivity index (χ0n) is 12.6. The Hall–Kier alpha value is -1.36. The molecule has 1 saturated heterocycles. The predicted molar refractivity (Wildman–Crippen MR) is 83.4 cm³/mol. The van der Waals surface area contributed by atoms with Gasteiger partial charge in [0.2, 0.25) is 5.91 Å². The van der Waals surface area contributed by atoms with Gasteiger partial charge in [-0.1, -0.05) is 6.07 Å². The van der Waals surface area contributed by atoms with E-state index < -0.39 is 9.84 Å². The lowest BCUT2D eigenvalue weighted by Crippen LogP contribution is -2.40. The van der Waals surface area contributed by atoms with Crippen LogP contribution in [0.1, 0.15) is 29.5 Å². The number of aryl methyl sites for hydroxylation is 2. The van der Waals surface area contributed by atoms with E-state index >= 15 is 0 Å². The topological polar surface area (TPSA) is 54.5 Å². The van der Waals surface area contributed by atoms with Gasteiger partial charge in [-0.15, -0.1) is 0 Å². The highest BCUT2D eigenvalue weighted by Crippen LogP contribution is 2.33. The fourth-order valence-corrected chi connectivity index (χ4v) is 5.25. The minimum atomic E-state index is -3.02. The van der Waals surface area contributed by atoms with Crippen LogP contribution in [0.3, 0.4) is 0 Å². The summed E-state index contributed by atoms with van der Waals surface area (Å²) < 4.78 is 23.2. The molecule has 0 aliphatic carbocycles. The molecule has 21 heavy (non-hydrogen) atoms. The highest BCUT2D eigenvalue weighted by atomic mass is 32.2. The van der Waals surface area contributed by atoms with Crippen molar-refractivity contribution in [1.82, 2.24) is 0 Å². The fourth-order valence-electron chi connectivity index (χ4n) is 3.51. The van der Waals surface area contributed by atoms with E-state index in [9.17, 15) is 13.2 Å². The van der Waals surface area contributed by atoms with Gasteiger partial charge in [-0.05, 0) is 55.9 Å². The Balaban J connectivity index is 1.93. The molecule has 1 amide bonds. The highest BCUT2D eigenvalue weighted by molar-refractivity contribution is 7.91. The second-order valence-corrected chi connectivity index (χ2v) is 8.50. The maximum Gasteiger partial charge on any atom is 0.231 e. The molecule has 1 unspecified atom stereocenters. The fraction of sp³-hybridized carbons (Fsp3) is 0.562. The molecule has 0 radical (unpaired) electrons. The van der Waals surface area contributed by atoms with E-state index in [4.69, 9.17) is 0 Å². The molecule has 2 aliphatic heterocycles. The van der Waals surface area contributed by atoms with Gasteiger partial charge in [-0.2, -0.15) is 0 Å². The Bertz CT molecular complexity index is 694. The number of carbonyl (C=O) groups excluding carboxylic acids is 1. The number of hydrogen-bond donors (Lipinski definition) is 0. The number of amides is 1. The molecule has 1 aromatic carbocycles. The summed E-state index contributed by atoms with van der Waals surface area (Å²) in [6, 6.07) is 4.20. The normalized spacial score (nSPS) is 23.9. The number of rotatable bonds is 1. The molecule has 1 fully saturated rings. The molecule has 5 heteroatoms. The largest absolute Gasteiger partial charge is 0.312 e. The van der Waals surface area contributed by atoms with E-state index in [0.717, 1.165) is 24.1 Å². The van der Waals surface area contributed by atoms with E-state index in [1.807, 2.05) is 11.8 Å². The summed E-state index contributed by atoms with van der Waals surface area (Å²) in [5.74, 6) is -0.205. The minimum absolute atomic E-state index is 0.0120. The third kappa shape index (κ3) is 2.71. The first-order valence-corrected chi connectivity index (χ1v) is 9.31. The second kappa shape index (κ2) is 5.13. The molecule has 2 aliphatic rings. The number of carbonyl (C=O) groups is 1. The summed E-state index contributed by atoms with van der Waals surface area (Å²) in [6.07, 6.45) is 2.41. The van der Waals surface area contributed by atoms with Gasteiger partial charge < -0.3 is 4.90 Å². The van der Waals surface area contributed by atoms with Crippen molar-refractivity contribution < 1.29 is 13.2 Å². The number of hydrogen-bond acceptors (Lipinski definition) is 3. The Morgan fingerprint density at radius 1 is 1.29 bits per heavy atom. The molecule has 0 bridgehead atoms. The Morgan fingerprint density at radius 2 is 2.05 bits per heavy atom. The van der Waals surface area contributed by atoms with E-state index in [2.05, 4.69) is 19.1 Å². The predicted octanol–water partition coefficient (Wildman–Crippen LogP) is 2.02. The average molecular weight is 307 g/mol. The first kappa shape index (κ1) is 14.6. The number of nitrogens with zero attached hydrogens (tertiary/aromatic N) is 1. The molecule has 1 aromatic rings. The van der Waals surface area contributed by atoms with E-state index in [1.54, 1.807) is 0 Å². The molecule has 0 saturated carbocycles. The summed E-state index contributed by atoms with van der Waals surface area (Å²) in [5.41, 5.74) is 4.60. The third-order valence-corrected chi connectivity index (χ3v) is 6.31. The van der Waals surface area contributed by atoms with Gasteiger partial charge in [0.1, 0.15) is 0 Å². The Kier molecular flexibility index (Phi) is 3.56. The summed E-state index contributed by atoms with van der Waals surface area (Å²) in [7, 11) is -3.02. The van der Waals surface area contributed by atoms with Crippen LogP contribution in [0.2, 0.25) is 0 Å². The van der Waals surface area contributed by atoms with Crippen molar-refractivity contribution >= 4 is 21.4 Å². The lowest BCUT2D eigenvalue weighted by atomic mass is 9.94. The van der Waals surface area contributed by atoms with Crippen molar-refractivity contribution in [1.29, 1.82) is 0 Å². The smallest absolute Gasteiger partial charge is 0.231 e. The summed E-state index contributed by atoms with van der Waals surface area (Å²) >= 11 is 0. The molecule has 0 aromatic heterocycles. The van der Waals surface area contributed by atoms with Crippen molar-refractivity contribution in [2.24, 2.45) is 5.92 Å². The lowest BCUT2D eigenvalue weighted by molar-refractivity contribution is -0.121. The Morgan fingerprint density at radius 3 is 2.71 bits per heavy atom. The van der Waals surface area contributed by atoms with Crippen LogP contribution in [0.15, 0.2) is 12.1 Å². The van der Waals surface area contributed by atoms with Gasteiger partial charge in [0.15, 0.2) is 9.84 Å². The van der Waals surface area contributed by atoms with Crippen LogP contribution < -0.4 is 4.90 Å². The summed E-state index contributed by atoms with van der Waals surface area (Å²) in [4.78, 5) is 14.6. The van der Waals surface area contributed by atoms with Crippen LogP contribution in [0.4, 0.5) is 5.69 Å². The van der Waals surface area contributed by atoms with Crippen molar-refractivity contribution in [3.63, 3.8) is 0 Å². The number of sulfone groups is 1. The highest BCUT2D eigenvalue weighted by Gasteiger charge is 2.37. The molecular weight excluding hydrogens is 286 g/mol. The summed E-state index contributed by atoms with van der Waals surface area (Å²) in [5, 5.41) is 0. The van der Waals surface area contributed by atoms with E-state index in [1.165, 1.54) is 11.1 Å². The van der Waals surface area contributed by atoms with Gasteiger partial charge in [0.25, 0.3) is 0 Å². The standard InChI is InChI=1S/C16H21NO3S/c1-11-8-12(2)14-4-3-6-17(15(14)9-11)16(18)13-5-7-21(19,20)10-13/h8-9,13H,3-7,10H2,1-2H3.